The monoisotopic (exact) mass is 412 g/mol. The summed E-state index contributed by atoms with van der Waals surface area (Å²) >= 11 is 0. The molecule has 2 aliphatic rings. The molecule has 26 heavy (non-hydrogen) atoms. The summed E-state index contributed by atoms with van der Waals surface area (Å²) in [5.74, 6) is -0.215. The van der Waals surface area contributed by atoms with Crippen molar-refractivity contribution in [3.8, 4) is 0 Å². The third-order valence-electron chi connectivity index (χ3n) is 5.51. The van der Waals surface area contributed by atoms with Crippen molar-refractivity contribution in [3.05, 3.63) is 0 Å². The van der Waals surface area contributed by atoms with Crippen molar-refractivity contribution >= 4 is 36.6 Å². The fourth-order valence-corrected chi connectivity index (χ4v) is 3.38. The lowest BCUT2D eigenvalue weighted by molar-refractivity contribution is -0.129. The molecule has 1 unspecified atom stereocenters. The zero-order chi connectivity index (χ0) is 17.6. The van der Waals surface area contributed by atoms with Crippen molar-refractivity contribution < 1.29 is 14.3 Å². The summed E-state index contributed by atoms with van der Waals surface area (Å²) in [7, 11) is 0. The molecule has 154 valence electrons. The number of carbonyl (C=O) groups excluding carboxylic acids is 2. The van der Waals surface area contributed by atoms with Gasteiger partial charge in [-0.05, 0) is 12.8 Å². The van der Waals surface area contributed by atoms with Crippen LogP contribution in [0, 0.1) is 5.92 Å². The fourth-order valence-electron chi connectivity index (χ4n) is 3.38. The van der Waals surface area contributed by atoms with E-state index in [1.807, 2.05) is 18.7 Å². The van der Waals surface area contributed by atoms with Crippen molar-refractivity contribution in [1.82, 2.24) is 15.1 Å². The Hall–Kier alpha value is -0.600. The maximum atomic E-state index is 12.6. The molecule has 0 bridgehead atoms. The molecule has 3 N–H and O–H groups in total. The molecule has 2 fully saturated rings. The summed E-state index contributed by atoms with van der Waals surface area (Å²) in [5, 5.41) is 3.10. The number of nitrogens with zero attached hydrogens (tertiary/aromatic N) is 2. The molecule has 0 saturated carbocycles. The minimum absolute atomic E-state index is 0. The Bertz CT molecular complexity index is 435. The lowest BCUT2D eigenvalue weighted by Crippen LogP contribution is -2.54. The zero-order valence-corrected chi connectivity index (χ0v) is 17.5. The minimum atomic E-state index is -0.346. The van der Waals surface area contributed by atoms with Gasteiger partial charge in [-0.2, -0.15) is 0 Å². The Morgan fingerprint density at radius 1 is 1.23 bits per heavy atom. The number of likely N-dealkylation sites (tertiary alicyclic amines) is 1. The van der Waals surface area contributed by atoms with Gasteiger partial charge in [-0.3, -0.25) is 14.5 Å². The zero-order valence-electron chi connectivity index (χ0n) is 15.9. The van der Waals surface area contributed by atoms with Gasteiger partial charge in [0.05, 0.1) is 24.7 Å². The number of nitrogens with two attached hydrogens (primary N) is 1. The molecule has 7 nitrogen and oxygen atoms in total. The van der Waals surface area contributed by atoms with E-state index in [0.29, 0.717) is 26.1 Å². The topological polar surface area (TPSA) is 87.9 Å². The predicted molar refractivity (Wildman–Crippen MR) is 107 cm³/mol. The van der Waals surface area contributed by atoms with Crippen molar-refractivity contribution in [3.63, 3.8) is 0 Å². The van der Waals surface area contributed by atoms with Gasteiger partial charge in [0, 0.05) is 45.7 Å². The predicted octanol–water partition coefficient (Wildman–Crippen LogP) is 0.644. The molecule has 0 aromatic rings. The van der Waals surface area contributed by atoms with Crippen LogP contribution in [-0.4, -0.2) is 79.6 Å². The minimum Gasteiger partial charge on any atom is -0.379 e. The summed E-state index contributed by atoms with van der Waals surface area (Å²) in [5.41, 5.74) is 5.51. The van der Waals surface area contributed by atoms with Gasteiger partial charge in [0.15, 0.2) is 0 Å². The van der Waals surface area contributed by atoms with Crippen molar-refractivity contribution in [2.24, 2.45) is 11.7 Å². The third kappa shape index (κ3) is 6.53. The first-order valence-electron chi connectivity index (χ1n) is 9.13. The van der Waals surface area contributed by atoms with Crippen LogP contribution in [0.4, 0.5) is 0 Å². The van der Waals surface area contributed by atoms with Crippen molar-refractivity contribution in [1.29, 1.82) is 0 Å². The van der Waals surface area contributed by atoms with E-state index in [1.165, 1.54) is 0 Å². The molecule has 0 radical (unpaired) electrons. The van der Waals surface area contributed by atoms with E-state index in [2.05, 4.69) is 10.2 Å². The molecule has 2 saturated heterocycles. The molecule has 0 aromatic heterocycles. The standard InChI is InChI=1S/C17H32N4O3.2ClH/c1-3-17(4-2,13-18)19-16(23)14-11-15(22)21(12-14)6-5-20-7-9-24-10-8-20;;/h14H,3-13,18H2,1-2H3,(H,19,23);2*1H. The second kappa shape index (κ2) is 12.0. The lowest BCUT2D eigenvalue weighted by Gasteiger charge is -2.32. The number of nitrogens with one attached hydrogen (secondary N) is 1. The molecule has 0 aromatic carbocycles. The second-order valence-electron chi connectivity index (χ2n) is 6.88. The molecule has 0 aliphatic carbocycles. The van der Waals surface area contributed by atoms with E-state index in [0.717, 1.165) is 45.7 Å². The molecular weight excluding hydrogens is 379 g/mol. The van der Waals surface area contributed by atoms with E-state index in [4.69, 9.17) is 10.5 Å². The number of carbonyl (C=O) groups is 2. The number of hydrogen-bond donors (Lipinski definition) is 2. The van der Waals surface area contributed by atoms with Gasteiger partial charge in [-0.1, -0.05) is 13.8 Å². The Labute approximate surface area is 169 Å². The van der Waals surface area contributed by atoms with Gasteiger partial charge in [0.2, 0.25) is 11.8 Å². The highest BCUT2D eigenvalue weighted by Crippen LogP contribution is 2.21. The van der Waals surface area contributed by atoms with Crippen LogP contribution in [-0.2, 0) is 14.3 Å². The summed E-state index contributed by atoms with van der Waals surface area (Å²) in [4.78, 5) is 28.9. The average molecular weight is 413 g/mol. The quantitative estimate of drug-likeness (QED) is 0.610. The maximum Gasteiger partial charge on any atom is 0.225 e. The molecule has 9 heteroatoms. The van der Waals surface area contributed by atoms with E-state index in [9.17, 15) is 9.59 Å². The Morgan fingerprint density at radius 2 is 1.85 bits per heavy atom. The Kier molecular flexibility index (Phi) is 11.7. The van der Waals surface area contributed by atoms with Crippen LogP contribution in [0.5, 0.6) is 0 Å². The largest absolute Gasteiger partial charge is 0.379 e. The Balaban J connectivity index is 0.00000312. The number of ether oxygens (including phenoxy) is 1. The molecule has 2 heterocycles. The third-order valence-corrected chi connectivity index (χ3v) is 5.51. The molecule has 2 rings (SSSR count). The van der Waals surface area contributed by atoms with E-state index < -0.39 is 0 Å². The fraction of sp³-hybridized carbons (Fsp3) is 0.882. The van der Waals surface area contributed by atoms with E-state index in [1.54, 1.807) is 0 Å². The first-order valence-corrected chi connectivity index (χ1v) is 9.13. The summed E-state index contributed by atoms with van der Waals surface area (Å²) in [6.07, 6.45) is 1.91. The van der Waals surface area contributed by atoms with Gasteiger partial charge in [-0.15, -0.1) is 24.8 Å². The van der Waals surface area contributed by atoms with Gasteiger partial charge in [0.25, 0.3) is 0 Å². The lowest BCUT2D eigenvalue weighted by atomic mass is 9.91. The normalized spacial score (nSPS) is 21.1. The molecule has 0 spiro atoms. The highest BCUT2D eigenvalue weighted by molar-refractivity contribution is 5.89. The van der Waals surface area contributed by atoms with Crippen molar-refractivity contribution in [2.45, 2.75) is 38.6 Å². The number of morpholine rings is 1. The summed E-state index contributed by atoms with van der Waals surface area (Å²) in [6.45, 7) is 9.89. The van der Waals surface area contributed by atoms with Gasteiger partial charge < -0.3 is 20.7 Å². The first kappa shape index (κ1) is 25.4. The number of hydrogen-bond acceptors (Lipinski definition) is 5. The summed E-state index contributed by atoms with van der Waals surface area (Å²) in [6, 6.07) is 0. The van der Waals surface area contributed by atoms with E-state index in [-0.39, 0.29) is 48.1 Å². The van der Waals surface area contributed by atoms with Gasteiger partial charge in [-0.25, -0.2) is 0 Å². The molecular formula is C17H34Cl2N4O3. The van der Waals surface area contributed by atoms with Gasteiger partial charge in [0.1, 0.15) is 0 Å². The van der Waals surface area contributed by atoms with Crippen LogP contribution in [0.2, 0.25) is 0 Å². The highest BCUT2D eigenvalue weighted by atomic mass is 35.5. The molecule has 1 atom stereocenters. The second-order valence-corrected chi connectivity index (χ2v) is 6.88. The van der Waals surface area contributed by atoms with Crippen LogP contribution < -0.4 is 11.1 Å². The number of rotatable bonds is 8. The summed E-state index contributed by atoms with van der Waals surface area (Å²) < 4.78 is 5.33. The number of amides is 2. The highest BCUT2D eigenvalue weighted by Gasteiger charge is 2.37. The van der Waals surface area contributed by atoms with E-state index >= 15 is 0 Å². The number of halogens is 2. The van der Waals surface area contributed by atoms with Crippen LogP contribution in [0.15, 0.2) is 0 Å². The van der Waals surface area contributed by atoms with Gasteiger partial charge >= 0.3 is 0 Å². The SMILES string of the molecule is CCC(CC)(CN)NC(=O)C1CC(=O)N(CCN2CCOCC2)C1.Cl.Cl. The first-order chi connectivity index (χ1) is 11.5. The molecule has 2 amide bonds. The van der Waals surface area contributed by atoms with Crippen LogP contribution in [0.25, 0.3) is 0 Å². The molecule has 2 aliphatic heterocycles. The average Bonchev–Trinajstić information content (AvgIpc) is 3.00. The van der Waals surface area contributed by atoms with Crippen LogP contribution >= 0.6 is 24.8 Å². The van der Waals surface area contributed by atoms with Crippen molar-refractivity contribution in [2.75, 3.05) is 52.5 Å². The Morgan fingerprint density at radius 3 is 2.38 bits per heavy atom. The maximum absolute atomic E-state index is 12.6. The smallest absolute Gasteiger partial charge is 0.225 e. The van der Waals surface area contributed by atoms with Crippen LogP contribution in [0.1, 0.15) is 33.1 Å². The van der Waals surface area contributed by atoms with Crippen LogP contribution in [0.3, 0.4) is 0 Å².